The Kier molecular flexibility index (Phi) is 28.3. The van der Waals surface area contributed by atoms with Crippen molar-refractivity contribution in [2.24, 2.45) is 5.92 Å². The first kappa shape index (κ1) is 32.8. The second-order valence-corrected chi connectivity index (χ2v) is 21.1. The summed E-state index contributed by atoms with van der Waals surface area (Å²) in [6, 6.07) is 0. The Morgan fingerprint density at radius 3 is 1.60 bits per heavy atom. The summed E-state index contributed by atoms with van der Waals surface area (Å²) < 4.78 is 2.21. The van der Waals surface area contributed by atoms with E-state index >= 15 is 0 Å². The number of thiol groups is 1. The Bertz CT molecular complexity index is 334. The maximum absolute atomic E-state index is 11.3. The van der Waals surface area contributed by atoms with Crippen LogP contribution in [0.3, 0.4) is 0 Å². The summed E-state index contributed by atoms with van der Waals surface area (Å²) in [4.78, 5) is 11.3. The van der Waals surface area contributed by atoms with Crippen molar-refractivity contribution in [1.82, 2.24) is 0 Å². The van der Waals surface area contributed by atoms with Crippen LogP contribution in [0.2, 0.25) is 8.87 Å². The number of carboxylic acid groups (broad SMARTS) is 1. The molecule has 0 aromatic carbocycles. The van der Waals surface area contributed by atoms with Crippen molar-refractivity contribution in [2.45, 2.75) is 143 Å². The van der Waals surface area contributed by atoms with Gasteiger partial charge in [0, 0.05) is 0 Å². The molecule has 0 saturated heterocycles. The topological polar surface area (TPSA) is 37.3 Å². The number of hydrogen-bond donors (Lipinski definition) is 2. The summed E-state index contributed by atoms with van der Waals surface area (Å²) in [5.74, 6) is 0.225. The molecule has 0 saturated carbocycles. The van der Waals surface area contributed by atoms with Crippen LogP contribution in [0.4, 0.5) is 0 Å². The zero-order valence-corrected chi connectivity index (χ0v) is 25.2. The van der Waals surface area contributed by atoms with Gasteiger partial charge in [-0.1, -0.05) is 46.5 Å². The van der Waals surface area contributed by atoms with Crippen LogP contribution < -0.4 is 0 Å². The third-order valence-electron chi connectivity index (χ3n) is 5.84. The predicted molar refractivity (Wildman–Crippen MR) is 143 cm³/mol. The number of aliphatic carboxylic acids is 1. The van der Waals surface area contributed by atoms with Gasteiger partial charge in [-0.2, -0.15) is 0 Å². The molecule has 30 heavy (non-hydrogen) atoms. The first-order valence-corrected chi connectivity index (χ1v) is 20.2. The maximum Gasteiger partial charge on any atom is -0.0471 e. The van der Waals surface area contributed by atoms with Gasteiger partial charge < -0.3 is 0 Å². The monoisotopic (exact) mass is 551 g/mol. The Labute approximate surface area is 202 Å². The molecule has 1 atom stereocenters. The minimum absolute atomic E-state index is 0.270. The van der Waals surface area contributed by atoms with E-state index in [0.29, 0.717) is 0 Å². The first-order valence-electron chi connectivity index (χ1n) is 13.1. The Balaban J connectivity index is 0. The minimum atomic E-state index is -2.00. The zero-order valence-electron chi connectivity index (χ0n) is 21.0. The van der Waals surface area contributed by atoms with Crippen molar-refractivity contribution in [1.29, 1.82) is 0 Å². The van der Waals surface area contributed by atoms with Crippen molar-refractivity contribution < 1.29 is 9.90 Å². The molecule has 0 aliphatic heterocycles. The summed E-state index contributed by atoms with van der Waals surface area (Å²) in [5, 5.41) is 9.27. The molecule has 1 radical (unpaired) electrons. The molecule has 0 aliphatic carbocycles. The molecular formula is C26H55O2SSn. The molecular weight excluding hydrogens is 495 g/mol. The Morgan fingerprint density at radius 1 is 0.800 bits per heavy atom. The van der Waals surface area contributed by atoms with E-state index in [2.05, 4.69) is 47.2 Å². The van der Waals surface area contributed by atoms with E-state index in [1.807, 2.05) is 0 Å². The van der Waals surface area contributed by atoms with Crippen molar-refractivity contribution in [3.63, 3.8) is 0 Å². The van der Waals surface area contributed by atoms with Gasteiger partial charge >= 0.3 is 151 Å². The van der Waals surface area contributed by atoms with Crippen LogP contribution in [0.25, 0.3) is 0 Å². The van der Waals surface area contributed by atoms with Crippen molar-refractivity contribution >= 4 is 38.4 Å². The van der Waals surface area contributed by atoms with Crippen LogP contribution in [0.15, 0.2) is 0 Å². The van der Waals surface area contributed by atoms with Gasteiger partial charge in [-0.15, -0.1) is 0 Å². The van der Waals surface area contributed by atoms with Gasteiger partial charge in [0.25, 0.3) is 0 Å². The number of unbranched alkanes of at least 4 members (excludes halogenated alkanes) is 12. The maximum atomic E-state index is 11.3. The quantitative estimate of drug-likeness (QED) is 0.0903. The molecule has 0 fully saturated rings. The van der Waals surface area contributed by atoms with Crippen molar-refractivity contribution in [3.05, 3.63) is 6.92 Å². The van der Waals surface area contributed by atoms with Crippen LogP contribution in [0.1, 0.15) is 130 Å². The summed E-state index contributed by atoms with van der Waals surface area (Å²) in [6.07, 6.45) is 20.8. The number of hydrogen-bond acceptors (Lipinski definition) is 2. The van der Waals surface area contributed by atoms with Gasteiger partial charge in [0.05, 0.1) is 0 Å². The van der Waals surface area contributed by atoms with Gasteiger partial charge in [-0.3, -0.25) is 0 Å². The van der Waals surface area contributed by atoms with Gasteiger partial charge in [-0.25, -0.2) is 0 Å². The van der Waals surface area contributed by atoms with Gasteiger partial charge in [0.2, 0.25) is 0 Å². The fourth-order valence-electron chi connectivity index (χ4n) is 3.76. The van der Waals surface area contributed by atoms with Crippen molar-refractivity contribution in [2.75, 3.05) is 0 Å². The molecule has 0 rings (SSSR count). The molecule has 2 nitrogen and oxygen atoms in total. The average Bonchev–Trinajstić information content (AvgIpc) is 2.71. The van der Waals surface area contributed by atoms with Crippen LogP contribution in [0, 0.1) is 12.8 Å². The third kappa shape index (κ3) is 24.9. The number of rotatable bonds is 20. The van der Waals surface area contributed by atoms with Crippen LogP contribution >= 0.6 is 12.6 Å². The van der Waals surface area contributed by atoms with E-state index in [-0.39, 0.29) is 3.27 Å². The van der Waals surface area contributed by atoms with Crippen molar-refractivity contribution in [3.8, 4) is 0 Å². The zero-order chi connectivity index (χ0) is 23.0. The summed E-state index contributed by atoms with van der Waals surface area (Å²) in [6.45, 7) is 12.8. The largest absolute Gasteiger partial charge is 0.0628 e. The van der Waals surface area contributed by atoms with Gasteiger partial charge in [0.1, 0.15) is 0 Å². The van der Waals surface area contributed by atoms with E-state index in [1.54, 1.807) is 0 Å². The predicted octanol–water partition coefficient (Wildman–Crippen LogP) is 8.89. The summed E-state index contributed by atoms with van der Waals surface area (Å²) >= 11 is 2.43. The average molecular weight is 551 g/mol. The molecule has 0 bridgehead atoms. The SMILES string of the molecule is CCCCCCC[CH2][SnH]([CH2]CCCCCCC)[CH](S)C(=O)O.[CH2]CCCCC(C)C. The second kappa shape index (κ2) is 25.9. The van der Waals surface area contributed by atoms with E-state index in [0.717, 1.165) is 12.3 Å². The molecule has 181 valence electrons. The summed E-state index contributed by atoms with van der Waals surface area (Å²) in [7, 11) is 0. The van der Waals surface area contributed by atoms with Gasteiger partial charge in [-0.05, 0) is 5.92 Å². The Hall–Kier alpha value is 0.619. The van der Waals surface area contributed by atoms with E-state index in [4.69, 9.17) is 0 Å². The van der Waals surface area contributed by atoms with E-state index in [1.165, 1.54) is 105 Å². The van der Waals surface area contributed by atoms with Crippen LogP contribution in [-0.2, 0) is 4.79 Å². The standard InChI is InChI=1S/3C8H17.C2H3O2S.Sn.H/c1-4-5-6-7-8(2)3;2*1-3-5-7-8-6-4-2;3-2(4)1-5;;/h8H,1,4-7H2,2-3H3;2*1,3-8H2,2H3;1,5H,(H,3,4);;. The first-order chi connectivity index (χ1) is 14.4. The molecule has 0 amide bonds. The fraction of sp³-hybridized carbons (Fsp3) is 0.923. The third-order valence-corrected chi connectivity index (χ3v) is 18.8. The molecule has 0 spiro atoms. The molecule has 1 N–H and O–H groups in total. The number of carbonyl (C=O) groups is 1. The van der Waals surface area contributed by atoms with E-state index in [9.17, 15) is 9.90 Å². The normalized spacial score (nSPS) is 12.1. The summed E-state index contributed by atoms with van der Waals surface area (Å²) in [5.41, 5.74) is 0. The molecule has 0 aromatic rings. The smallest absolute Gasteiger partial charge is 0.0471 e. The second-order valence-electron chi connectivity index (χ2n) is 9.40. The molecule has 0 aromatic heterocycles. The fourth-order valence-corrected chi connectivity index (χ4v) is 14.2. The van der Waals surface area contributed by atoms with E-state index < -0.39 is 25.7 Å². The van der Waals surface area contributed by atoms with Gasteiger partial charge in [0.15, 0.2) is 0 Å². The molecule has 4 heteroatoms. The number of carboxylic acids is 1. The minimum Gasteiger partial charge on any atom is -0.0628 e. The van der Waals surface area contributed by atoms with Crippen LogP contribution in [-0.4, -0.2) is 34.1 Å². The molecule has 0 heterocycles. The van der Waals surface area contributed by atoms with Crippen LogP contribution in [0.5, 0.6) is 0 Å². The molecule has 1 unspecified atom stereocenters. The molecule has 0 aliphatic rings. The Morgan fingerprint density at radius 2 is 1.23 bits per heavy atom.